The van der Waals surface area contributed by atoms with E-state index in [1.165, 1.54) is 17.5 Å². The Bertz CT molecular complexity index is 735. The predicted molar refractivity (Wildman–Crippen MR) is 84.4 cm³/mol. The average molecular weight is 343 g/mol. The Labute approximate surface area is 132 Å². The summed E-state index contributed by atoms with van der Waals surface area (Å²) < 4.78 is 27.3. The van der Waals surface area contributed by atoms with Gasteiger partial charge < -0.3 is 0 Å². The molecule has 0 saturated carbocycles. The standard InChI is InChI=1S/C13H17N3O2S3/c1-9-8-19-13(15-9)11-4-3-5-16(7-11)21(17,18)12-6-14-10(2)20-12/h6,8,11H,3-5,7H2,1-2H3. The Morgan fingerprint density at radius 2 is 2.19 bits per heavy atom. The van der Waals surface area contributed by atoms with Crippen LogP contribution in [0.1, 0.15) is 34.5 Å². The van der Waals surface area contributed by atoms with Gasteiger partial charge in [-0.15, -0.1) is 22.7 Å². The van der Waals surface area contributed by atoms with E-state index in [1.807, 2.05) is 19.2 Å². The van der Waals surface area contributed by atoms with E-state index in [9.17, 15) is 8.42 Å². The Morgan fingerprint density at radius 3 is 2.81 bits per heavy atom. The zero-order valence-corrected chi connectivity index (χ0v) is 14.4. The van der Waals surface area contributed by atoms with Gasteiger partial charge in [-0.2, -0.15) is 4.31 Å². The Kier molecular flexibility index (Phi) is 4.13. The van der Waals surface area contributed by atoms with Crippen molar-refractivity contribution < 1.29 is 8.42 Å². The molecule has 0 aromatic carbocycles. The lowest BCUT2D eigenvalue weighted by molar-refractivity contribution is 0.316. The van der Waals surface area contributed by atoms with Crippen LogP contribution in [-0.2, 0) is 10.0 Å². The highest BCUT2D eigenvalue weighted by atomic mass is 32.2. The molecule has 1 unspecified atom stereocenters. The van der Waals surface area contributed by atoms with Crippen molar-refractivity contribution in [2.45, 2.75) is 36.8 Å². The number of sulfonamides is 1. The van der Waals surface area contributed by atoms with E-state index < -0.39 is 10.0 Å². The molecule has 0 radical (unpaired) electrons. The maximum absolute atomic E-state index is 12.7. The highest BCUT2D eigenvalue weighted by molar-refractivity contribution is 7.91. The molecule has 2 aromatic rings. The van der Waals surface area contributed by atoms with Crippen LogP contribution < -0.4 is 0 Å². The second-order valence-electron chi connectivity index (χ2n) is 5.23. The molecule has 1 fully saturated rings. The first-order valence-electron chi connectivity index (χ1n) is 6.81. The van der Waals surface area contributed by atoms with Gasteiger partial charge in [-0.1, -0.05) is 0 Å². The van der Waals surface area contributed by atoms with Crippen molar-refractivity contribution in [1.82, 2.24) is 14.3 Å². The first-order chi connectivity index (χ1) is 9.96. The van der Waals surface area contributed by atoms with Gasteiger partial charge in [0.05, 0.1) is 16.2 Å². The molecule has 1 aliphatic heterocycles. The van der Waals surface area contributed by atoms with Gasteiger partial charge in [0.2, 0.25) is 0 Å². The monoisotopic (exact) mass is 343 g/mol. The van der Waals surface area contributed by atoms with Gasteiger partial charge in [0, 0.05) is 30.1 Å². The normalized spacial score (nSPS) is 20.8. The number of hydrogen-bond acceptors (Lipinski definition) is 6. The zero-order valence-electron chi connectivity index (χ0n) is 11.9. The lowest BCUT2D eigenvalue weighted by atomic mass is 10.0. The number of nitrogens with zero attached hydrogens (tertiary/aromatic N) is 3. The van der Waals surface area contributed by atoms with Crippen molar-refractivity contribution in [2.24, 2.45) is 0 Å². The number of aromatic nitrogens is 2. The van der Waals surface area contributed by atoms with Crippen LogP contribution in [-0.4, -0.2) is 35.8 Å². The van der Waals surface area contributed by atoms with E-state index in [1.54, 1.807) is 15.6 Å². The van der Waals surface area contributed by atoms with Crippen molar-refractivity contribution in [2.75, 3.05) is 13.1 Å². The van der Waals surface area contributed by atoms with E-state index in [2.05, 4.69) is 9.97 Å². The lowest BCUT2D eigenvalue weighted by Crippen LogP contribution is -2.38. The van der Waals surface area contributed by atoms with E-state index >= 15 is 0 Å². The van der Waals surface area contributed by atoms with Crippen LogP contribution in [0, 0.1) is 13.8 Å². The molecule has 0 N–H and O–H groups in total. The molecule has 21 heavy (non-hydrogen) atoms. The third-order valence-corrected chi connectivity index (χ3v) is 7.90. The van der Waals surface area contributed by atoms with E-state index in [0.29, 0.717) is 17.3 Å². The van der Waals surface area contributed by atoms with E-state index in [4.69, 9.17) is 0 Å². The van der Waals surface area contributed by atoms with Gasteiger partial charge in [-0.3, -0.25) is 0 Å². The highest BCUT2D eigenvalue weighted by Crippen LogP contribution is 2.32. The molecule has 0 spiro atoms. The van der Waals surface area contributed by atoms with Crippen LogP contribution in [0.4, 0.5) is 0 Å². The molecule has 8 heteroatoms. The number of rotatable bonds is 3. The van der Waals surface area contributed by atoms with Crippen molar-refractivity contribution in [3.8, 4) is 0 Å². The molecule has 0 aliphatic carbocycles. The van der Waals surface area contributed by atoms with Crippen molar-refractivity contribution in [1.29, 1.82) is 0 Å². The summed E-state index contributed by atoms with van der Waals surface area (Å²) in [5.74, 6) is 0.209. The molecule has 1 atom stereocenters. The largest absolute Gasteiger partial charge is 0.254 e. The lowest BCUT2D eigenvalue weighted by Gasteiger charge is -2.30. The van der Waals surface area contributed by atoms with Crippen molar-refractivity contribution >= 4 is 32.7 Å². The van der Waals surface area contributed by atoms with Gasteiger partial charge >= 0.3 is 0 Å². The molecule has 2 aromatic heterocycles. The molecule has 0 bridgehead atoms. The fraction of sp³-hybridized carbons (Fsp3) is 0.538. The number of thiazole rings is 2. The van der Waals surface area contributed by atoms with Crippen LogP contribution >= 0.6 is 22.7 Å². The third-order valence-electron chi connectivity index (χ3n) is 3.56. The van der Waals surface area contributed by atoms with Gasteiger partial charge in [-0.05, 0) is 26.7 Å². The SMILES string of the molecule is Cc1csc(C2CCCN(S(=O)(=O)c3cnc(C)s3)C2)n1. The second kappa shape index (κ2) is 5.75. The summed E-state index contributed by atoms with van der Waals surface area (Å²) in [4.78, 5) is 8.58. The Hall–Kier alpha value is -0.830. The summed E-state index contributed by atoms with van der Waals surface area (Å²) in [6.07, 6.45) is 3.34. The van der Waals surface area contributed by atoms with Gasteiger partial charge in [0.25, 0.3) is 10.0 Å². The topological polar surface area (TPSA) is 63.2 Å². The summed E-state index contributed by atoms with van der Waals surface area (Å²) in [6, 6.07) is 0. The first-order valence-corrected chi connectivity index (χ1v) is 9.95. The fourth-order valence-corrected chi connectivity index (χ4v) is 6.22. The molecule has 1 saturated heterocycles. The number of aryl methyl sites for hydroxylation is 2. The van der Waals surface area contributed by atoms with Gasteiger partial charge in [0.1, 0.15) is 0 Å². The minimum atomic E-state index is -3.41. The van der Waals surface area contributed by atoms with Gasteiger partial charge in [0.15, 0.2) is 4.21 Å². The summed E-state index contributed by atoms with van der Waals surface area (Å²) in [7, 11) is -3.41. The quantitative estimate of drug-likeness (QED) is 0.860. The van der Waals surface area contributed by atoms with Crippen LogP contribution in [0.25, 0.3) is 0 Å². The molecule has 0 amide bonds. The molecular weight excluding hydrogens is 326 g/mol. The van der Waals surface area contributed by atoms with Crippen LogP contribution in [0.3, 0.4) is 0 Å². The molecule has 1 aliphatic rings. The maximum Gasteiger partial charge on any atom is 0.254 e. The van der Waals surface area contributed by atoms with E-state index in [-0.39, 0.29) is 5.92 Å². The number of piperidine rings is 1. The summed E-state index contributed by atoms with van der Waals surface area (Å²) in [6.45, 7) is 4.89. The molecule has 3 heterocycles. The zero-order chi connectivity index (χ0) is 15.0. The molecule has 5 nitrogen and oxygen atoms in total. The fourth-order valence-electron chi connectivity index (χ4n) is 2.51. The van der Waals surface area contributed by atoms with Crippen LogP contribution in [0.15, 0.2) is 15.8 Å². The minimum Gasteiger partial charge on any atom is -0.249 e. The van der Waals surface area contributed by atoms with E-state index in [0.717, 1.165) is 28.6 Å². The second-order valence-corrected chi connectivity index (χ2v) is 9.52. The summed E-state index contributed by atoms with van der Waals surface area (Å²) in [5.41, 5.74) is 1.01. The van der Waals surface area contributed by atoms with Crippen LogP contribution in [0.5, 0.6) is 0 Å². The first kappa shape index (κ1) is 15.1. The van der Waals surface area contributed by atoms with Gasteiger partial charge in [-0.25, -0.2) is 18.4 Å². The molecule has 114 valence electrons. The molecule has 3 rings (SSSR count). The third kappa shape index (κ3) is 3.03. The smallest absolute Gasteiger partial charge is 0.249 e. The minimum absolute atomic E-state index is 0.209. The summed E-state index contributed by atoms with van der Waals surface area (Å²) >= 11 is 2.86. The maximum atomic E-state index is 12.7. The Morgan fingerprint density at radius 1 is 1.38 bits per heavy atom. The van der Waals surface area contributed by atoms with Crippen molar-refractivity contribution in [3.63, 3.8) is 0 Å². The Balaban J connectivity index is 1.83. The molecular formula is C13H17N3O2S3. The number of hydrogen-bond donors (Lipinski definition) is 0. The summed E-state index contributed by atoms with van der Waals surface area (Å²) in [5, 5.41) is 3.85. The predicted octanol–water partition coefficient (Wildman–Crippen LogP) is 2.78. The van der Waals surface area contributed by atoms with Crippen molar-refractivity contribution in [3.05, 3.63) is 27.3 Å². The van der Waals surface area contributed by atoms with Crippen LogP contribution in [0.2, 0.25) is 0 Å². The average Bonchev–Trinajstić information content (AvgIpc) is 3.08. The highest BCUT2D eigenvalue weighted by Gasteiger charge is 2.33.